The molecule has 1 rings (SSSR count). The average molecular weight is 272 g/mol. The van der Waals surface area contributed by atoms with Gasteiger partial charge in [-0.15, -0.1) is 0 Å². The zero-order valence-electron chi connectivity index (χ0n) is 8.09. The molecular weight excluding hydrogens is 256 g/mol. The molecule has 1 saturated heterocycles. The van der Waals surface area contributed by atoms with Crippen LogP contribution in [0.5, 0.6) is 0 Å². The molecule has 0 amide bonds. The van der Waals surface area contributed by atoms with Crippen LogP contribution >= 0.6 is 15.9 Å². The van der Waals surface area contributed by atoms with Gasteiger partial charge in [-0.1, -0.05) is 15.9 Å². The van der Waals surface area contributed by atoms with Crippen LogP contribution in [0.15, 0.2) is 0 Å². The number of likely N-dealkylation sites (tertiary alicyclic amines) is 1. The van der Waals surface area contributed by atoms with Gasteiger partial charge in [0.15, 0.2) is 0 Å². The van der Waals surface area contributed by atoms with E-state index in [-0.39, 0.29) is 6.10 Å². The first-order valence-electron chi connectivity index (χ1n) is 4.94. The molecule has 0 radical (unpaired) electrons. The monoisotopic (exact) mass is 271 g/mol. The van der Waals surface area contributed by atoms with Crippen molar-refractivity contribution < 1.29 is 13.5 Å². The van der Waals surface area contributed by atoms with Crippen molar-refractivity contribution in [1.29, 1.82) is 0 Å². The molecule has 5 heteroatoms. The van der Waals surface area contributed by atoms with Crippen molar-refractivity contribution in [3.8, 4) is 0 Å². The van der Waals surface area contributed by atoms with E-state index in [2.05, 4.69) is 25.6 Å². The highest BCUT2D eigenvalue weighted by Gasteiger charge is 2.21. The fourth-order valence-corrected chi connectivity index (χ4v) is 1.95. The maximum atomic E-state index is 11.9. The summed E-state index contributed by atoms with van der Waals surface area (Å²) in [7, 11) is 0. The lowest BCUT2D eigenvalue weighted by atomic mass is 10.1. The first-order chi connectivity index (χ1) is 6.72. The number of nitrogens with zero attached hydrogens (tertiary/aromatic N) is 1. The Morgan fingerprint density at radius 3 is 2.50 bits per heavy atom. The second-order valence-electron chi connectivity index (χ2n) is 3.48. The molecule has 0 spiro atoms. The van der Waals surface area contributed by atoms with Crippen LogP contribution in [-0.2, 0) is 4.74 Å². The Bertz CT molecular complexity index is 152. The highest BCUT2D eigenvalue weighted by molar-refractivity contribution is 9.09. The minimum absolute atomic E-state index is 0.241. The lowest BCUT2D eigenvalue weighted by Crippen LogP contribution is -2.38. The topological polar surface area (TPSA) is 12.5 Å². The molecule has 0 aliphatic carbocycles. The van der Waals surface area contributed by atoms with Crippen molar-refractivity contribution in [3.05, 3.63) is 0 Å². The predicted molar refractivity (Wildman–Crippen MR) is 55.0 cm³/mol. The van der Waals surface area contributed by atoms with E-state index in [1.165, 1.54) is 0 Å². The predicted octanol–water partition coefficient (Wildman–Crippen LogP) is 2.48. The van der Waals surface area contributed by atoms with E-state index in [1.807, 2.05) is 0 Å². The molecule has 84 valence electrons. The summed E-state index contributed by atoms with van der Waals surface area (Å²) in [5.74, 6) is 0. The molecule has 0 aromatic rings. The third-order valence-corrected chi connectivity index (χ3v) is 3.00. The number of hydrogen-bond acceptors (Lipinski definition) is 2. The molecule has 0 N–H and O–H groups in total. The SMILES string of the molecule is FC(F)OC1CCN(CCCBr)CC1. The maximum Gasteiger partial charge on any atom is 0.345 e. The largest absolute Gasteiger partial charge is 0.345 e. The average Bonchev–Trinajstić information content (AvgIpc) is 2.16. The summed E-state index contributed by atoms with van der Waals surface area (Å²) in [6.07, 6.45) is 2.33. The van der Waals surface area contributed by atoms with Gasteiger partial charge in [0, 0.05) is 18.4 Å². The van der Waals surface area contributed by atoms with Gasteiger partial charge in [0.1, 0.15) is 0 Å². The second-order valence-corrected chi connectivity index (χ2v) is 4.27. The lowest BCUT2D eigenvalue weighted by Gasteiger charge is -2.31. The summed E-state index contributed by atoms with van der Waals surface area (Å²) < 4.78 is 28.2. The second kappa shape index (κ2) is 6.69. The molecule has 1 aliphatic rings. The van der Waals surface area contributed by atoms with E-state index in [0.29, 0.717) is 0 Å². The van der Waals surface area contributed by atoms with Gasteiger partial charge in [-0.3, -0.25) is 0 Å². The Balaban J connectivity index is 2.11. The standard InChI is InChI=1S/C9H16BrF2NO/c10-4-1-5-13-6-2-8(3-7-13)14-9(11)12/h8-9H,1-7H2. The van der Waals surface area contributed by atoms with Crippen LogP contribution in [0.1, 0.15) is 19.3 Å². The van der Waals surface area contributed by atoms with Crippen LogP contribution < -0.4 is 0 Å². The van der Waals surface area contributed by atoms with Crippen LogP contribution in [0.4, 0.5) is 8.78 Å². The van der Waals surface area contributed by atoms with Crippen molar-refractivity contribution in [2.45, 2.75) is 32.0 Å². The van der Waals surface area contributed by atoms with E-state index in [4.69, 9.17) is 0 Å². The van der Waals surface area contributed by atoms with Crippen LogP contribution in [0.3, 0.4) is 0 Å². The van der Waals surface area contributed by atoms with Gasteiger partial charge < -0.3 is 9.64 Å². The molecule has 2 nitrogen and oxygen atoms in total. The fourth-order valence-electron chi connectivity index (χ4n) is 1.70. The Labute approximate surface area is 91.7 Å². The Morgan fingerprint density at radius 1 is 1.36 bits per heavy atom. The third kappa shape index (κ3) is 4.66. The molecule has 1 heterocycles. The smallest absolute Gasteiger partial charge is 0.320 e. The Kier molecular flexibility index (Phi) is 5.89. The molecule has 0 unspecified atom stereocenters. The summed E-state index contributed by atoms with van der Waals surface area (Å²) in [5.41, 5.74) is 0. The van der Waals surface area contributed by atoms with Crippen molar-refractivity contribution >= 4 is 15.9 Å². The number of ether oxygens (including phenoxy) is 1. The van der Waals surface area contributed by atoms with E-state index in [9.17, 15) is 8.78 Å². The van der Waals surface area contributed by atoms with Gasteiger partial charge in [0.25, 0.3) is 0 Å². The lowest BCUT2D eigenvalue weighted by molar-refractivity contribution is -0.172. The van der Waals surface area contributed by atoms with Crippen LogP contribution in [0.25, 0.3) is 0 Å². The van der Waals surface area contributed by atoms with Crippen molar-refractivity contribution in [2.75, 3.05) is 25.0 Å². The van der Waals surface area contributed by atoms with E-state index in [0.717, 1.165) is 44.2 Å². The van der Waals surface area contributed by atoms with E-state index < -0.39 is 6.61 Å². The molecule has 0 atom stereocenters. The van der Waals surface area contributed by atoms with Crippen molar-refractivity contribution in [1.82, 2.24) is 4.90 Å². The highest BCUT2D eigenvalue weighted by Crippen LogP contribution is 2.16. The Hall–Kier alpha value is 0.260. The van der Waals surface area contributed by atoms with Gasteiger partial charge >= 0.3 is 6.61 Å². The molecule has 14 heavy (non-hydrogen) atoms. The van der Waals surface area contributed by atoms with Crippen molar-refractivity contribution in [2.24, 2.45) is 0 Å². The minimum atomic E-state index is -2.62. The zero-order valence-corrected chi connectivity index (χ0v) is 9.68. The molecule has 0 aromatic carbocycles. The zero-order chi connectivity index (χ0) is 10.4. The van der Waals surface area contributed by atoms with Gasteiger partial charge in [0.2, 0.25) is 0 Å². The molecular formula is C9H16BrF2NO. The van der Waals surface area contributed by atoms with Gasteiger partial charge in [-0.2, -0.15) is 8.78 Å². The van der Waals surface area contributed by atoms with Gasteiger partial charge in [-0.05, 0) is 25.8 Å². The fraction of sp³-hybridized carbons (Fsp3) is 1.00. The molecule has 0 saturated carbocycles. The first-order valence-corrected chi connectivity index (χ1v) is 6.06. The van der Waals surface area contributed by atoms with Crippen molar-refractivity contribution in [3.63, 3.8) is 0 Å². The Morgan fingerprint density at radius 2 is 2.00 bits per heavy atom. The number of halogens is 3. The maximum absolute atomic E-state index is 11.9. The third-order valence-electron chi connectivity index (χ3n) is 2.44. The summed E-state index contributed by atoms with van der Waals surface area (Å²) >= 11 is 3.37. The van der Waals surface area contributed by atoms with E-state index in [1.54, 1.807) is 0 Å². The number of piperidine rings is 1. The van der Waals surface area contributed by atoms with E-state index >= 15 is 0 Å². The minimum Gasteiger partial charge on any atom is -0.320 e. The van der Waals surface area contributed by atoms with Gasteiger partial charge in [0.05, 0.1) is 6.10 Å². The molecule has 1 fully saturated rings. The number of rotatable bonds is 5. The summed E-state index contributed by atoms with van der Waals surface area (Å²) in [5, 5.41) is 1.00. The van der Waals surface area contributed by atoms with Crippen LogP contribution in [-0.4, -0.2) is 42.6 Å². The quantitative estimate of drug-likeness (QED) is 0.713. The molecule has 0 bridgehead atoms. The number of hydrogen-bond donors (Lipinski definition) is 0. The number of alkyl halides is 3. The summed E-state index contributed by atoms with van der Waals surface area (Å²) in [4.78, 5) is 2.30. The molecule has 1 aliphatic heterocycles. The highest BCUT2D eigenvalue weighted by atomic mass is 79.9. The molecule has 0 aromatic heterocycles. The summed E-state index contributed by atoms with van der Waals surface area (Å²) in [6.45, 7) is 0.190. The van der Waals surface area contributed by atoms with Gasteiger partial charge in [-0.25, -0.2) is 0 Å². The first kappa shape index (κ1) is 12.3. The van der Waals surface area contributed by atoms with Crippen LogP contribution in [0, 0.1) is 0 Å². The summed E-state index contributed by atoms with van der Waals surface area (Å²) in [6, 6.07) is 0. The normalized spacial score (nSPS) is 20.6. The van der Waals surface area contributed by atoms with Crippen LogP contribution in [0.2, 0.25) is 0 Å².